The van der Waals surface area contributed by atoms with E-state index in [0.29, 0.717) is 23.6 Å². The molecule has 5 nitrogen and oxygen atoms in total. The topological polar surface area (TPSA) is 56.5 Å². The fraction of sp³-hybridized carbons (Fsp3) is 0.235. The van der Waals surface area contributed by atoms with Gasteiger partial charge in [-0.3, -0.25) is 0 Å². The summed E-state index contributed by atoms with van der Waals surface area (Å²) in [6, 6.07) is 13.2. The summed E-state index contributed by atoms with van der Waals surface area (Å²) in [5, 5.41) is 10.6. The Morgan fingerprint density at radius 2 is 1.95 bits per heavy atom. The molecule has 1 atom stereocenters. The first kappa shape index (κ1) is 14.4. The van der Waals surface area contributed by atoms with Gasteiger partial charge < -0.3 is 19.1 Å². The second-order valence-electron chi connectivity index (χ2n) is 5.01. The van der Waals surface area contributed by atoms with Crippen molar-refractivity contribution in [3.63, 3.8) is 0 Å². The molecule has 3 aromatic rings. The second kappa shape index (κ2) is 6.07. The van der Waals surface area contributed by atoms with Gasteiger partial charge in [-0.2, -0.15) is 0 Å². The number of nitrogens with zero attached hydrogens (tertiary/aromatic N) is 2. The van der Waals surface area contributed by atoms with E-state index < -0.39 is 6.10 Å². The molecule has 0 radical (unpaired) electrons. The first-order valence-corrected chi connectivity index (χ1v) is 7.03. The first-order valence-electron chi connectivity index (χ1n) is 7.03. The van der Waals surface area contributed by atoms with E-state index in [1.165, 1.54) is 0 Å². The summed E-state index contributed by atoms with van der Waals surface area (Å²) in [6.07, 6.45) is 1.02. The third kappa shape index (κ3) is 2.63. The number of fused-ring (bicyclic) bond motifs is 1. The number of hydrogen-bond donors (Lipinski definition) is 1. The van der Waals surface area contributed by atoms with Gasteiger partial charge in [0.2, 0.25) is 0 Å². The number of aliphatic hydroxyl groups excluding tert-OH is 1. The number of hydrogen-bond acceptors (Lipinski definition) is 4. The maximum absolute atomic E-state index is 10.6. The van der Waals surface area contributed by atoms with Gasteiger partial charge >= 0.3 is 0 Å². The summed E-state index contributed by atoms with van der Waals surface area (Å²) in [5.74, 6) is 1.32. The van der Waals surface area contributed by atoms with Gasteiger partial charge in [0, 0.05) is 5.56 Å². The van der Waals surface area contributed by atoms with Crippen LogP contribution in [-0.4, -0.2) is 28.9 Å². The standard InChI is InChI=1S/C17H18N2O3/c1-21-12-7-8-17(22-2)13(9-12)16(20)10-19-11-18-14-5-3-4-6-15(14)19/h3-9,11,16,20H,10H2,1-2H3/t16-/m1/s1. The van der Waals surface area contributed by atoms with Crippen LogP contribution in [0.1, 0.15) is 11.7 Å². The van der Waals surface area contributed by atoms with Crippen LogP contribution in [0.5, 0.6) is 11.5 Å². The molecule has 114 valence electrons. The molecule has 1 aromatic heterocycles. The van der Waals surface area contributed by atoms with E-state index in [-0.39, 0.29) is 0 Å². The summed E-state index contributed by atoms with van der Waals surface area (Å²) in [4.78, 5) is 4.34. The second-order valence-corrected chi connectivity index (χ2v) is 5.01. The molecule has 0 saturated carbocycles. The molecule has 0 aliphatic carbocycles. The monoisotopic (exact) mass is 298 g/mol. The maximum Gasteiger partial charge on any atom is 0.124 e. The van der Waals surface area contributed by atoms with E-state index in [4.69, 9.17) is 9.47 Å². The van der Waals surface area contributed by atoms with E-state index in [9.17, 15) is 5.11 Å². The van der Waals surface area contributed by atoms with Gasteiger partial charge in [-0.05, 0) is 30.3 Å². The molecule has 22 heavy (non-hydrogen) atoms. The summed E-state index contributed by atoms with van der Waals surface area (Å²) in [5.41, 5.74) is 2.59. The molecule has 0 amide bonds. The third-order valence-corrected chi connectivity index (χ3v) is 3.69. The molecule has 0 fully saturated rings. The van der Waals surface area contributed by atoms with Crippen LogP contribution < -0.4 is 9.47 Å². The number of imidazole rings is 1. The molecule has 0 spiro atoms. The lowest BCUT2D eigenvalue weighted by Crippen LogP contribution is -2.09. The molecule has 5 heteroatoms. The summed E-state index contributed by atoms with van der Waals surface area (Å²) in [7, 11) is 3.19. The number of aromatic nitrogens is 2. The highest BCUT2D eigenvalue weighted by Gasteiger charge is 2.16. The van der Waals surface area contributed by atoms with Crippen LogP contribution in [-0.2, 0) is 6.54 Å². The van der Waals surface area contributed by atoms with Crippen LogP contribution in [0.2, 0.25) is 0 Å². The normalized spacial score (nSPS) is 12.3. The number of benzene rings is 2. The van der Waals surface area contributed by atoms with E-state index in [0.717, 1.165) is 11.0 Å². The van der Waals surface area contributed by atoms with Crippen LogP contribution in [0.4, 0.5) is 0 Å². The van der Waals surface area contributed by atoms with Crippen molar-refractivity contribution in [2.24, 2.45) is 0 Å². The Morgan fingerprint density at radius 1 is 1.14 bits per heavy atom. The lowest BCUT2D eigenvalue weighted by molar-refractivity contribution is 0.153. The summed E-state index contributed by atoms with van der Waals surface area (Å²) >= 11 is 0. The zero-order valence-corrected chi connectivity index (χ0v) is 12.6. The number of para-hydroxylation sites is 2. The zero-order valence-electron chi connectivity index (χ0n) is 12.6. The van der Waals surface area contributed by atoms with Crippen molar-refractivity contribution in [3.8, 4) is 11.5 Å². The van der Waals surface area contributed by atoms with Gasteiger partial charge in [-0.1, -0.05) is 12.1 Å². The Labute approximate surface area is 128 Å². The van der Waals surface area contributed by atoms with Gasteiger partial charge in [0.15, 0.2) is 0 Å². The van der Waals surface area contributed by atoms with Crippen molar-refractivity contribution >= 4 is 11.0 Å². The predicted molar refractivity (Wildman–Crippen MR) is 84.2 cm³/mol. The van der Waals surface area contributed by atoms with Crippen molar-refractivity contribution in [1.82, 2.24) is 9.55 Å². The summed E-state index contributed by atoms with van der Waals surface area (Å²) in [6.45, 7) is 0.393. The van der Waals surface area contributed by atoms with Crippen molar-refractivity contribution in [3.05, 3.63) is 54.4 Å². The van der Waals surface area contributed by atoms with Crippen LogP contribution in [0.25, 0.3) is 11.0 Å². The molecule has 3 rings (SSSR count). The van der Waals surface area contributed by atoms with Crippen LogP contribution in [0.15, 0.2) is 48.8 Å². The largest absolute Gasteiger partial charge is 0.497 e. The molecule has 0 unspecified atom stereocenters. The lowest BCUT2D eigenvalue weighted by atomic mass is 10.1. The van der Waals surface area contributed by atoms with Gasteiger partial charge in [0.05, 0.1) is 38.1 Å². The van der Waals surface area contributed by atoms with E-state index in [1.54, 1.807) is 32.7 Å². The van der Waals surface area contributed by atoms with E-state index in [2.05, 4.69) is 4.98 Å². The van der Waals surface area contributed by atoms with E-state index >= 15 is 0 Å². The highest BCUT2D eigenvalue weighted by Crippen LogP contribution is 2.30. The number of ether oxygens (including phenoxy) is 2. The molecular weight excluding hydrogens is 280 g/mol. The van der Waals surface area contributed by atoms with Crippen molar-refractivity contribution < 1.29 is 14.6 Å². The molecule has 0 bridgehead atoms. The highest BCUT2D eigenvalue weighted by atomic mass is 16.5. The molecular formula is C17H18N2O3. The average Bonchev–Trinajstić information content (AvgIpc) is 2.97. The molecule has 0 aliphatic rings. The Bertz CT molecular complexity index is 782. The van der Waals surface area contributed by atoms with Crippen LogP contribution in [0.3, 0.4) is 0 Å². The lowest BCUT2D eigenvalue weighted by Gasteiger charge is -2.17. The first-order chi connectivity index (χ1) is 10.7. The minimum Gasteiger partial charge on any atom is -0.497 e. The van der Waals surface area contributed by atoms with E-state index in [1.807, 2.05) is 34.9 Å². The van der Waals surface area contributed by atoms with Gasteiger partial charge in [0.25, 0.3) is 0 Å². The Balaban J connectivity index is 1.92. The fourth-order valence-electron chi connectivity index (χ4n) is 2.54. The van der Waals surface area contributed by atoms with Crippen molar-refractivity contribution in [2.45, 2.75) is 12.6 Å². The third-order valence-electron chi connectivity index (χ3n) is 3.69. The summed E-state index contributed by atoms with van der Waals surface area (Å²) < 4.78 is 12.5. The average molecular weight is 298 g/mol. The SMILES string of the molecule is COc1ccc(OC)c([C@H](O)Cn2cnc3ccccc32)c1. The number of rotatable bonds is 5. The van der Waals surface area contributed by atoms with Crippen LogP contribution >= 0.6 is 0 Å². The number of methoxy groups -OCH3 is 2. The Morgan fingerprint density at radius 3 is 2.73 bits per heavy atom. The molecule has 0 saturated heterocycles. The quantitative estimate of drug-likeness (QED) is 0.787. The minimum atomic E-state index is -0.720. The minimum absolute atomic E-state index is 0.393. The smallest absolute Gasteiger partial charge is 0.124 e. The Kier molecular flexibility index (Phi) is 3.98. The van der Waals surface area contributed by atoms with Gasteiger partial charge in [-0.15, -0.1) is 0 Å². The predicted octanol–water partition coefficient (Wildman–Crippen LogP) is 2.79. The van der Waals surface area contributed by atoms with Gasteiger partial charge in [0.1, 0.15) is 17.6 Å². The Hall–Kier alpha value is -2.53. The van der Waals surface area contributed by atoms with Crippen molar-refractivity contribution in [2.75, 3.05) is 14.2 Å². The fourth-order valence-corrected chi connectivity index (χ4v) is 2.54. The number of aliphatic hydroxyl groups is 1. The van der Waals surface area contributed by atoms with Crippen molar-refractivity contribution in [1.29, 1.82) is 0 Å². The van der Waals surface area contributed by atoms with Crippen LogP contribution in [0, 0.1) is 0 Å². The highest BCUT2D eigenvalue weighted by molar-refractivity contribution is 5.74. The van der Waals surface area contributed by atoms with Gasteiger partial charge in [-0.25, -0.2) is 4.98 Å². The molecule has 2 aromatic carbocycles. The molecule has 0 aliphatic heterocycles. The molecule has 1 N–H and O–H groups in total. The molecule has 1 heterocycles. The zero-order chi connectivity index (χ0) is 15.5. The maximum atomic E-state index is 10.6.